The molecule has 0 spiro atoms. The summed E-state index contributed by atoms with van der Waals surface area (Å²) in [6.07, 6.45) is 7.98. The van der Waals surface area contributed by atoms with Crippen molar-refractivity contribution < 1.29 is 24.1 Å². The van der Waals surface area contributed by atoms with E-state index in [4.69, 9.17) is 21.3 Å². The van der Waals surface area contributed by atoms with Gasteiger partial charge >= 0.3 is 0 Å². The fourth-order valence-electron chi connectivity index (χ4n) is 3.89. The number of hydrogen-bond acceptors (Lipinski definition) is 8. The number of nitro groups is 2. The average molecular weight is 493 g/mol. The van der Waals surface area contributed by atoms with Crippen LogP contribution in [-0.2, 0) is 0 Å². The minimum atomic E-state index is -0.570. The largest absolute Gasteiger partial charge is 0.490 e. The van der Waals surface area contributed by atoms with Crippen molar-refractivity contribution in [3.05, 3.63) is 74.6 Å². The highest BCUT2D eigenvalue weighted by atomic mass is 19.1. The van der Waals surface area contributed by atoms with Gasteiger partial charge in [0.15, 0.2) is 0 Å². The van der Waals surface area contributed by atoms with Gasteiger partial charge in [-0.25, -0.2) is 4.39 Å². The number of nitrogens with zero attached hydrogens (tertiary/aromatic N) is 2. The second-order valence-electron chi connectivity index (χ2n) is 8.73. The van der Waals surface area contributed by atoms with Crippen LogP contribution in [0, 0.1) is 26.0 Å². The van der Waals surface area contributed by atoms with E-state index < -0.39 is 15.7 Å². The fraction of sp³-hybridized carbons (Fsp3) is 0.500. The third-order valence-electron chi connectivity index (χ3n) is 5.74. The maximum atomic E-state index is 12.1. The smallest absolute Gasteiger partial charge is 0.269 e. The highest BCUT2D eigenvalue weighted by Crippen LogP contribution is 2.24. The first-order valence-electron chi connectivity index (χ1n) is 11.6. The van der Waals surface area contributed by atoms with Gasteiger partial charge in [0.2, 0.25) is 0 Å². The summed E-state index contributed by atoms with van der Waals surface area (Å²) in [7, 11) is 0. The Morgan fingerprint density at radius 1 is 0.800 bits per heavy atom. The van der Waals surface area contributed by atoms with Crippen molar-refractivity contribution in [1.29, 1.82) is 0 Å². The van der Waals surface area contributed by atoms with Crippen LogP contribution < -0.4 is 16.2 Å². The lowest BCUT2D eigenvalue weighted by atomic mass is 9.93. The predicted octanol–water partition coefficient (Wildman–Crippen LogP) is 4.23. The third kappa shape index (κ3) is 10.8. The van der Waals surface area contributed by atoms with Gasteiger partial charge in [-0.05, 0) is 75.6 Å². The minimum Gasteiger partial charge on any atom is -0.490 e. The standard InChI is InChI=1S/C12H16N2O3.C6H4FNO2.C6H13NO/c13-9-2-1-3-12(8-9)17-11-6-4-10(5-7-11)14(15)16;7-5-1-3-6(4-2-5)8(9)10;7-5-2-1-3-6(8)4-5/h4-7,9,12H,1-3,8,13H2;1-4H;5-6,8H,1-4,7H2. The van der Waals surface area contributed by atoms with Gasteiger partial charge in [-0.3, -0.25) is 20.2 Å². The van der Waals surface area contributed by atoms with Crippen LogP contribution in [0.15, 0.2) is 48.5 Å². The van der Waals surface area contributed by atoms with Crippen LogP contribution in [0.1, 0.15) is 51.4 Å². The molecule has 35 heavy (non-hydrogen) atoms. The maximum Gasteiger partial charge on any atom is 0.269 e. The number of hydrogen-bond donors (Lipinski definition) is 3. The minimum absolute atomic E-state index is 0.0812. The third-order valence-corrected chi connectivity index (χ3v) is 5.74. The number of nitro benzene ring substituents is 2. The molecule has 11 heteroatoms. The molecule has 0 heterocycles. The van der Waals surface area contributed by atoms with Crippen LogP contribution >= 0.6 is 0 Å². The lowest BCUT2D eigenvalue weighted by molar-refractivity contribution is -0.385. The molecular formula is C24H33FN4O6. The first kappa shape index (κ1) is 28.1. The highest BCUT2D eigenvalue weighted by Gasteiger charge is 2.20. The van der Waals surface area contributed by atoms with Crippen LogP contribution in [0.4, 0.5) is 15.8 Å². The van der Waals surface area contributed by atoms with Crippen molar-refractivity contribution in [2.45, 2.75) is 75.7 Å². The zero-order valence-electron chi connectivity index (χ0n) is 19.5. The first-order chi connectivity index (χ1) is 16.6. The number of aliphatic hydroxyl groups excluding tert-OH is 1. The monoisotopic (exact) mass is 492 g/mol. The lowest BCUT2D eigenvalue weighted by Gasteiger charge is -2.27. The predicted molar refractivity (Wildman–Crippen MR) is 129 cm³/mol. The molecule has 0 amide bonds. The van der Waals surface area contributed by atoms with Gasteiger partial charge in [0, 0.05) is 36.3 Å². The van der Waals surface area contributed by atoms with Gasteiger partial charge in [0.25, 0.3) is 11.4 Å². The van der Waals surface area contributed by atoms with Crippen molar-refractivity contribution in [2.24, 2.45) is 11.5 Å². The van der Waals surface area contributed by atoms with Gasteiger partial charge in [-0.15, -0.1) is 0 Å². The number of ether oxygens (including phenoxy) is 1. The van der Waals surface area contributed by atoms with Crippen LogP contribution in [-0.4, -0.2) is 39.2 Å². The highest BCUT2D eigenvalue weighted by molar-refractivity contribution is 5.36. The SMILES string of the molecule is NC1CCCC(O)C1.NC1CCCC(Oc2ccc([N+](=O)[O-])cc2)C1.O=[N+]([O-])c1ccc(F)cc1. The number of aliphatic hydroxyl groups is 1. The molecule has 0 bridgehead atoms. The summed E-state index contributed by atoms with van der Waals surface area (Å²) in [6, 6.07) is 11.0. The Morgan fingerprint density at radius 2 is 1.29 bits per heavy atom. The summed E-state index contributed by atoms with van der Waals surface area (Å²) in [5.41, 5.74) is 11.4. The van der Waals surface area contributed by atoms with Crippen LogP contribution in [0.5, 0.6) is 5.75 Å². The van der Waals surface area contributed by atoms with Crippen molar-refractivity contribution >= 4 is 11.4 Å². The second kappa shape index (κ2) is 14.3. The molecule has 0 aromatic heterocycles. The van der Waals surface area contributed by atoms with E-state index in [0.717, 1.165) is 75.6 Å². The van der Waals surface area contributed by atoms with Gasteiger partial charge in [-0.1, -0.05) is 0 Å². The molecule has 4 atom stereocenters. The average Bonchev–Trinajstić information content (AvgIpc) is 2.80. The van der Waals surface area contributed by atoms with Crippen molar-refractivity contribution in [2.75, 3.05) is 0 Å². The van der Waals surface area contributed by atoms with Crippen molar-refractivity contribution in [3.63, 3.8) is 0 Å². The Hall–Kier alpha value is -3.15. The molecule has 5 N–H and O–H groups in total. The second-order valence-corrected chi connectivity index (χ2v) is 8.73. The molecule has 0 aliphatic heterocycles. The van der Waals surface area contributed by atoms with Crippen LogP contribution in [0.3, 0.4) is 0 Å². The van der Waals surface area contributed by atoms with Crippen LogP contribution in [0.25, 0.3) is 0 Å². The van der Waals surface area contributed by atoms with E-state index >= 15 is 0 Å². The number of nitrogens with two attached hydrogens (primary N) is 2. The Bertz CT molecular complexity index is 921. The number of non-ortho nitro benzene ring substituents is 2. The molecular weight excluding hydrogens is 459 g/mol. The zero-order chi connectivity index (χ0) is 25.8. The summed E-state index contributed by atoms with van der Waals surface area (Å²) in [5, 5.41) is 29.5. The van der Waals surface area contributed by atoms with Crippen LogP contribution in [0.2, 0.25) is 0 Å². The van der Waals surface area contributed by atoms with Gasteiger partial charge < -0.3 is 21.3 Å². The van der Waals surface area contributed by atoms with E-state index in [0.29, 0.717) is 5.75 Å². The van der Waals surface area contributed by atoms with Gasteiger partial charge in [0.1, 0.15) is 17.7 Å². The zero-order valence-corrected chi connectivity index (χ0v) is 19.5. The number of rotatable bonds is 4. The first-order valence-corrected chi connectivity index (χ1v) is 11.6. The van der Waals surface area contributed by atoms with E-state index in [1.807, 2.05) is 0 Å². The van der Waals surface area contributed by atoms with E-state index in [9.17, 15) is 24.6 Å². The van der Waals surface area contributed by atoms with Crippen molar-refractivity contribution in [3.8, 4) is 5.75 Å². The quantitative estimate of drug-likeness (QED) is 0.421. The molecule has 0 saturated heterocycles. The van der Waals surface area contributed by atoms with E-state index in [1.54, 1.807) is 12.1 Å². The maximum absolute atomic E-state index is 12.1. The normalized spacial score (nSPS) is 23.5. The molecule has 2 aliphatic carbocycles. The molecule has 4 rings (SSSR count). The summed E-state index contributed by atoms with van der Waals surface area (Å²) < 4.78 is 17.9. The molecule has 4 unspecified atom stereocenters. The Labute approximate surface area is 203 Å². The Balaban J connectivity index is 0.000000204. The summed E-state index contributed by atoms with van der Waals surface area (Å²) in [5.74, 6) is 0.209. The molecule has 2 aromatic rings. The molecule has 2 saturated carbocycles. The summed E-state index contributed by atoms with van der Waals surface area (Å²) in [4.78, 5) is 19.5. The number of benzene rings is 2. The number of halogens is 1. The Kier molecular flexibility index (Phi) is 11.5. The summed E-state index contributed by atoms with van der Waals surface area (Å²) >= 11 is 0. The lowest BCUT2D eigenvalue weighted by Crippen LogP contribution is -2.33. The molecule has 0 radical (unpaired) electrons. The Morgan fingerprint density at radius 3 is 1.71 bits per heavy atom. The fourth-order valence-corrected chi connectivity index (χ4v) is 3.89. The van der Waals surface area contributed by atoms with E-state index in [1.165, 1.54) is 12.1 Å². The van der Waals surface area contributed by atoms with Gasteiger partial charge in [0.05, 0.1) is 16.0 Å². The molecule has 2 aromatic carbocycles. The van der Waals surface area contributed by atoms with Crippen molar-refractivity contribution in [1.82, 2.24) is 0 Å². The topological polar surface area (TPSA) is 168 Å². The summed E-state index contributed by atoms with van der Waals surface area (Å²) in [6.45, 7) is 0. The molecule has 2 fully saturated rings. The molecule has 10 nitrogen and oxygen atoms in total. The van der Waals surface area contributed by atoms with E-state index in [-0.39, 0.29) is 35.7 Å². The molecule has 192 valence electrons. The molecule has 2 aliphatic rings. The van der Waals surface area contributed by atoms with Gasteiger partial charge in [-0.2, -0.15) is 0 Å². The van der Waals surface area contributed by atoms with E-state index in [2.05, 4.69) is 0 Å².